The summed E-state index contributed by atoms with van der Waals surface area (Å²) in [5, 5.41) is 7.88. The van der Waals surface area contributed by atoms with Crippen molar-refractivity contribution in [1.82, 2.24) is 0 Å². The van der Waals surface area contributed by atoms with Crippen LogP contribution in [0.4, 0.5) is 21.9 Å². The molecule has 0 aliphatic carbocycles. The van der Waals surface area contributed by atoms with Crippen molar-refractivity contribution in [2.24, 2.45) is 5.73 Å². The number of methoxy groups -OCH3 is 2. The van der Waals surface area contributed by atoms with Gasteiger partial charge in [0, 0.05) is 16.9 Å². The van der Waals surface area contributed by atoms with Gasteiger partial charge in [-0.1, -0.05) is 18.2 Å². The fourth-order valence-electron chi connectivity index (χ4n) is 3.03. The first-order valence-corrected chi connectivity index (χ1v) is 10.1. The van der Waals surface area contributed by atoms with Gasteiger partial charge < -0.3 is 35.9 Å². The van der Waals surface area contributed by atoms with Gasteiger partial charge in [0.25, 0.3) is 11.8 Å². The molecule has 0 heterocycles. The molecule has 4 amide bonds. The number of nitrogens with two attached hydrogens (primary N) is 1. The van der Waals surface area contributed by atoms with Crippen LogP contribution in [0.2, 0.25) is 0 Å². The predicted octanol–water partition coefficient (Wildman–Crippen LogP) is 3.46. The third-order valence-electron chi connectivity index (χ3n) is 4.55. The van der Waals surface area contributed by atoms with Crippen LogP contribution in [-0.4, -0.2) is 38.7 Å². The Morgan fingerprint density at radius 1 is 0.765 bits per heavy atom. The molecule has 0 aliphatic rings. The average molecular weight is 464 g/mol. The van der Waals surface area contributed by atoms with Gasteiger partial charge in [0.05, 0.1) is 19.9 Å². The summed E-state index contributed by atoms with van der Waals surface area (Å²) in [6.07, 6.45) is 0. The standard InChI is InChI=1S/C24H24N4O6/c1-32-19-9-4-3-8-18(19)28-22(29)14-34-20-11-10-15(12-21(20)33-2)23(30)26-16-6-5-7-17(13-16)27-24(25)31/h3-13H,14H2,1-2H3,(H,26,30)(H,28,29)(H3,25,27,31). The number of ether oxygens (including phenoxy) is 3. The minimum atomic E-state index is -0.708. The third kappa shape index (κ3) is 6.39. The molecule has 0 saturated heterocycles. The molecule has 10 heteroatoms. The van der Waals surface area contributed by atoms with Crippen molar-refractivity contribution in [3.8, 4) is 17.2 Å². The Kier molecular flexibility index (Phi) is 7.90. The van der Waals surface area contributed by atoms with Gasteiger partial charge in [-0.25, -0.2) is 4.79 Å². The molecular formula is C24H24N4O6. The van der Waals surface area contributed by atoms with Gasteiger partial charge in [0.1, 0.15) is 5.75 Å². The molecule has 3 aromatic rings. The monoisotopic (exact) mass is 464 g/mol. The number of hydrogen-bond donors (Lipinski definition) is 4. The molecule has 0 bridgehead atoms. The molecule has 0 unspecified atom stereocenters. The zero-order valence-corrected chi connectivity index (χ0v) is 18.6. The summed E-state index contributed by atoms with van der Waals surface area (Å²) in [6.45, 7) is -0.278. The zero-order chi connectivity index (χ0) is 24.5. The molecule has 0 fully saturated rings. The maximum atomic E-state index is 12.7. The lowest BCUT2D eigenvalue weighted by Gasteiger charge is -2.13. The lowest BCUT2D eigenvalue weighted by atomic mass is 10.1. The van der Waals surface area contributed by atoms with Crippen LogP contribution < -0.4 is 35.9 Å². The summed E-state index contributed by atoms with van der Waals surface area (Å²) >= 11 is 0. The highest BCUT2D eigenvalue weighted by molar-refractivity contribution is 6.05. The van der Waals surface area contributed by atoms with Gasteiger partial charge in [-0.05, 0) is 48.5 Å². The molecule has 0 atom stereocenters. The van der Waals surface area contributed by atoms with Gasteiger partial charge in [-0.2, -0.15) is 0 Å². The van der Waals surface area contributed by atoms with Crippen molar-refractivity contribution < 1.29 is 28.6 Å². The minimum absolute atomic E-state index is 0.278. The van der Waals surface area contributed by atoms with E-state index in [1.54, 1.807) is 48.5 Å². The second-order valence-electron chi connectivity index (χ2n) is 6.93. The highest BCUT2D eigenvalue weighted by Gasteiger charge is 2.14. The Bertz CT molecular complexity index is 1200. The fraction of sp³-hybridized carbons (Fsp3) is 0.125. The first kappa shape index (κ1) is 23.9. The highest BCUT2D eigenvalue weighted by atomic mass is 16.5. The summed E-state index contributed by atoms with van der Waals surface area (Å²) in [4.78, 5) is 36.0. The lowest BCUT2D eigenvalue weighted by molar-refractivity contribution is -0.118. The number of carbonyl (C=O) groups is 3. The normalized spacial score (nSPS) is 10.1. The van der Waals surface area contributed by atoms with E-state index in [-0.39, 0.29) is 12.4 Å². The van der Waals surface area contributed by atoms with Crippen LogP contribution in [0, 0.1) is 0 Å². The smallest absolute Gasteiger partial charge is 0.316 e. The molecule has 5 N–H and O–H groups in total. The van der Waals surface area contributed by atoms with E-state index in [1.807, 2.05) is 0 Å². The van der Waals surface area contributed by atoms with Gasteiger partial charge in [0.15, 0.2) is 18.1 Å². The molecule has 0 radical (unpaired) electrons. The Morgan fingerprint density at radius 2 is 1.47 bits per heavy atom. The second kappa shape index (κ2) is 11.2. The maximum absolute atomic E-state index is 12.7. The van der Waals surface area contributed by atoms with Crippen LogP contribution in [-0.2, 0) is 4.79 Å². The first-order chi connectivity index (χ1) is 16.4. The summed E-state index contributed by atoms with van der Waals surface area (Å²) in [5.74, 6) is 0.302. The van der Waals surface area contributed by atoms with E-state index >= 15 is 0 Å². The molecule has 3 aromatic carbocycles. The molecule has 10 nitrogen and oxygen atoms in total. The highest BCUT2D eigenvalue weighted by Crippen LogP contribution is 2.29. The predicted molar refractivity (Wildman–Crippen MR) is 128 cm³/mol. The van der Waals surface area contributed by atoms with E-state index in [1.165, 1.54) is 32.4 Å². The fourth-order valence-corrected chi connectivity index (χ4v) is 3.03. The molecule has 0 aliphatic heterocycles. The van der Waals surface area contributed by atoms with Crippen LogP contribution in [0.25, 0.3) is 0 Å². The quantitative estimate of drug-likeness (QED) is 0.382. The topological polar surface area (TPSA) is 141 Å². The Morgan fingerprint density at radius 3 is 2.18 bits per heavy atom. The number of nitrogens with one attached hydrogen (secondary N) is 3. The number of hydrogen-bond acceptors (Lipinski definition) is 6. The minimum Gasteiger partial charge on any atom is -0.495 e. The van der Waals surface area contributed by atoms with Crippen molar-refractivity contribution >= 4 is 34.9 Å². The van der Waals surface area contributed by atoms with Crippen molar-refractivity contribution in [3.63, 3.8) is 0 Å². The van der Waals surface area contributed by atoms with E-state index in [0.29, 0.717) is 34.1 Å². The zero-order valence-electron chi connectivity index (χ0n) is 18.6. The number of rotatable bonds is 9. The van der Waals surface area contributed by atoms with E-state index in [4.69, 9.17) is 19.9 Å². The largest absolute Gasteiger partial charge is 0.495 e. The van der Waals surface area contributed by atoms with Crippen molar-refractivity contribution in [2.75, 3.05) is 36.8 Å². The molecule has 34 heavy (non-hydrogen) atoms. The molecule has 176 valence electrons. The number of carbonyl (C=O) groups excluding carboxylic acids is 3. The number of primary amides is 1. The van der Waals surface area contributed by atoms with Crippen LogP contribution in [0.15, 0.2) is 66.7 Å². The third-order valence-corrected chi connectivity index (χ3v) is 4.55. The van der Waals surface area contributed by atoms with Gasteiger partial charge in [0.2, 0.25) is 0 Å². The number of para-hydroxylation sites is 2. The Labute approximate surface area is 196 Å². The first-order valence-electron chi connectivity index (χ1n) is 10.1. The molecule has 0 saturated carbocycles. The average Bonchev–Trinajstić information content (AvgIpc) is 2.82. The summed E-state index contributed by atoms with van der Waals surface area (Å²) < 4.78 is 16.1. The summed E-state index contributed by atoms with van der Waals surface area (Å²) in [7, 11) is 2.94. The van der Waals surface area contributed by atoms with Gasteiger partial charge >= 0.3 is 6.03 Å². The Hall–Kier alpha value is -4.73. The second-order valence-corrected chi connectivity index (χ2v) is 6.93. The van der Waals surface area contributed by atoms with Crippen molar-refractivity contribution in [3.05, 3.63) is 72.3 Å². The lowest BCUT2D eigenvalue weighted by Crippen LogP contribution is -2.21. The van der Waals surface area contributed by atoms with Crippen LogP contribution in [0.5, 0.6) is 17.2 Å². The van der Waals surface area contributed by atoms with E-state index < -0.39 is 17.8 Å². The molecule has 0 aromatic heterocycles. The number of anilines is 3. The molecule has 0 spiro atoms. The Balaban J connectivity index is 1.64. The van der Waals surface area contributed by atoms with E-state index in [0.717, 1.165) is 0 Å². The summed E-state index contributed by atoms with van der Waals surface area (Å²) in [6, 6.07) is 17.4. The van der Waals surface area contributed by atoms with Crippen LogP contribution in [0.3, 0.4) is 0 Å². The number of benzene rings is 3. The van der Waals surface area contributed by atoms with E-state index in [9.17, 15) is 14.4 Å². The maximum Gasteiger partial charge on any atom is 0.316 e. The summed E-state index contributed by atoms with van der Waals surface area (Å²) in [5.41, 5.74) is 6.84. The number of urea groups is 1. The van der Waals surface area contributed by atoms with Gasteiger partial charge in [-0.3, -0.25) is 9.59 Å². The van der Waals surface area contributed by atoms with Crippen molar-refractivity contribution in [2.45, 2.75) is 0 Å². The SMILES string of the molecule is COc1ccccc1NC(=O)COc1ccc(C(=O)Nc2cccc(NC(N)=O)c2)cc1OC. The van der Waals surface area contributed by atoms with Crippen molar-refractivity contribution in [1.29, 1.82) is 0 Å². The van der Waals surface area contributed by atoms with E-state index in [2.05, 4.69) is 16.0 Å². The van der Waals surface area contributed by atoms with Crippen LogP contribution >= 0.6 is 0 Å². The molecular weight excluding hydrogens is 440 g/mol. The van der Waals surface area contributed by atoms with Crippen LogP contribution in [0.1, 0.15) is 10.4 Å². The van der Waals surface area contributed by atoms with Gasteiger partial charge in [-0.15, -0.1) is 0 Å². The number of amides is 4. The molecule has 3 rings (SSSR count).